The molecule has 1 saturated heterocycles. The fourth-order valence-electron chi connectivity index (χ4n) is 2.69. The van der Waals surface area contributed by atoms with Gasteiger partial charge in [0.25, 0.3) is 17.4 Å². The average molecular weight is 433 g/mol. The Morgan fingerprint density at radius 2 is 1.97 bits per heavy atom. The Balaban J connectivity index is 1.95. The summed E-state index contributed by atoms with van der Waals surface area (Å²) < 4.78 is 1.29. The molecule has 0 bridgehead atoms. The Hall–Kier alpha value is -2.69. The van der Waals surface area contributed by atoms with Crippen LogP contribution in [0.2, 0.25) is 0 Å². The number of hydrogen-bond donors (Lipinski definition) is 2. The summed E-state index contributed by atoms with van der Waals surface area (Å²) in [6.07, 6.45) is 0. The first kappa shape index (κ1) is 21.0. The van der Waals surface area contributed by atoms with Crippen molar-refractivity contribution in [2.45, 2.75) is 6.61 Å². The molecule has 1 aromatic carbocycles. The van der Waals surface area contributed by atoms with Crippen molar-refractivity contribution < 1.29 is 14.4 Å². The number of nitrogens with two attached hydrogens (primary N) is 1. The van der Waals surface area contributed by atoms with Gasteiger partial charge in [0.05, 0.1) is 0 Å². The Labute approximate surface area is 177 Å². The molecule has 0 radical (unpaired) electrons. The minimum atomic E-state index is -0.717. The minimum Gasteiger partial charge on any atom is -0.405 e. The summed E-state index contributed by atoms with van der Waals surface area (Å²) in [5.74, 6) is -0.342. The Morgan fingerprint density at radius 1 is 1.21 bits per heavy atom. The lowest BCUT2D eigenvalue weighted by Crippen LogP contribution is -2.41. The summed E-state index contributed by atoms with van der Waals surface area (Å²) in [5, 5.41) is 2.60. The summed E-state index contributed by atoms with van der Waals surface area (Å²) in [6, 6.07) is 11.9. The molecule has 3 rings (SSSR count). The monoisotopic (exact) mass is 432 g/mol. The van der Waals surface area contributed by atoms with E-state index in [0.717, 1.165) is 10.3 Å². The zero-order chi connectivity index (χ0) is 20.8. The maximum Gasteiger partial charge on any atom is 0.296 e. The molecule has 0 spiro atoms. The molecule has 2 amide bonds. The third kappa shape index (κ3) is 4.84. The molecule has 0 saturated carbocycles. The lowest BCUT2D eigenvalue weighted by molar-refractivity contribution is 0.0688. The molecule has 2 heterocycles. The van der Waals surface area contributed by atoms with Gasteiger partial charge in [-0.3, -0.25) is 19.3 Å². The zero-order valence-corrected chi connectivity index (χ0v) is 17.1. The van der Waals surface area contributed by atoms with Gasteiger partial charge < -0.3 is 15.9 Å². The van der Waals surface area contributed by atoms with Gasteiger partial charge in [-0.05, 0) is 17.7 Å². The summed E-state index contributed by atoms with van der Waals surface area (Å²) in [6.45, 7) is 0.978. The lowest BCUT2D eigenvalue weighted by Gasteiger charge is -2.17. The second-order valence-corrected chi connectivity index (χ2v) is 7.84. The van der Waals surface area contributed by atoms with Crippen molar-refractivity contribution in [2.24, 2.45) is 5.73 Å². The van der Waals surface area contributed by atoms with Crippen LogP contribution in [-0.4, -0.2) is 51.2 Å². The van der Waals surface area contributed by atoms with E-state index in [2.05, 4.69) is 5.32 Å². The van der Waals surface area contributed by atoms with Crippen LogP contribution >= 0.6 is 24.0 Å². The molecule has 0 aliphatic carbocycles. The largest absolute Gasteiger partial charge is 0.405 e. The van der Waals surface area contributed by atoms with Crippen LogP contribution in [-0.2, 0) is 6.61 Å². The molecule has 1 aliphatic rings. The SMILES string of the molecule is NCCNC(=O)c1ccc(C(=O)N2CCSC2=S)c(=O)n1OCc1ccccc1. The molecule has 2 aromatic rings. The highest BCUT2D eigenvalue weighted by molar-refractivity contribution is 8.23. The van der Waals surface area contributed by atoms with Crippen LogP contribution in [0.15, 0.2) is 47.3 Å². The van der Waals surface area contributed by atoms with Crippen LogP contribution in [0.3, 0.4) is 0 Å². The molecule has 8 nitrogen and oxygen atoms in total. The number of benzene rings is 1. The van der Waals surface area contributed by atoms with E-state index in [1.165, 1.54) is 28.8 Å². The Kier molecular flexibility index (Phi) is 7.02. The Morgan fingerprint density at radius 3 is 2.62 bits per heavy atom. The van der Waals surface area contributed by atoms with Gasteiger partial charge in [0.1, 0.15) is 22.2 Å². The van der Waals surface area contributed by atoms with Gasteiger partial charge in [0, 0.05) is 25.4 Å². The first-order valence-corrected chi connectivity index (χ1v) is 10.3. The number of carbonyl (C=O) groups is 2. The number of pyridine rings is 1. The van der Waals surface area contributed by atoms with Gasteiger partial charge in [-0.25, -0.2) is 0 Å². The molecule has 1 fully saturated rings. The van der Waals surface area contributed by atoms with E-state index in [1.54, 1.807) is 0 Å². The molecule has 1 aromatic heterocycles. The molecule has 3 N–H and O–H groups in total. The minimum absolute atomic E-state index is 0.0192. The number of nitrogens with one attached hydrogen (secondary N) is 1. The van der Waals surface area contributed by atoms with Crippen molar-refractivity contribution in [3.05, 3.63) is 69.6 Å². The van der Waals surface area contributed by atoms with Crippen molar-refractivity contribution in [3.63, 3.8) is 0 Å². The van der Waals surface area contributed by atoms with Crippen LogP contribution in [0.5, 0.6) is 0 Å². The number of thiocarbonyl (C=S) groups is 1. The van der Waals surface area contributed by atoms with Crippen LogP contribution in [0, 0.1) is 0 Å². The quantitative estimate of drug-likeness (QED) is 0.619. The molecular formula is C19H20N4O4S2. The van der Waals surface area contributed by atoms with Crippen LogP contribution in [0.25, 0.3) is 0 Å². The van der Waals surface area contributed by atoms with E-state index in [4.69, 9.17) is 22.8 Å². The summed E-state index contributed by atoms with van der Waals surface area (Å²) in [4.78, 5) is 45.3. The number of carbonyl (C=O) groups excluding carboxylic acids is 2. The second kappa shape index (κ2) is 9.68. The van der Waals surface area contributed by atoms with Crippen molar-refractivity contribution in [3.8, 4) is 0 Å². The number of rotatable bonds is 7. The van der Waals surface area contributed by atoms with Crippen molar-refractivity contribution in [1.29, 1.82) is 0 Å². The highest BCUT2D eigenvalue weighted by Gasteiger charge is 2.28. The highest BCUT2D eigenvalue weighted by Crippen LogP contribution is 2.19. The first-order valence-electron chi connectivity index (χ1n) is 8.93. The van der Waals surface area contributed by atoms with Crippen LogP contribution in [0.1, 0.15) is 26.4 Å². The maximum absolute atomic E-state index is 13.0. The third-order valence-corrected chi connectivity index (χ3v) is 5.57. The van der Waals surface area contributed by atoms with Crippen molar-refractivity contribution in [2.75, 3.05) is 25.4 Å². The second-order valence-electron chi connectivity index (χ2n) is 6.11. The lowest BCUT2D eigenvalue weighted by atomic mass is 10.2. The van der Waals surface area contributed by atoms with Gasteiger partial charge in [-0.2, -0.15) is 0 Å². The molecule has 1 aliphatic heterocycles. The molecule has 0 unspecified atom stereocenters. The smallest absolute Gasteiger partial charge is 0.296 e. The number of aromatic nitrogens is 1. The number of hydrogen-bond acceptors (Lipinski definition) is 7. The molecule has 29 heavy (non-hydrogen) atoms. The van der Waals surface area contributed by atoms with Crippen molar-refractivity contribution >= 4 is 40.1 Å². The third-order valence-electron chi connectivity index (χ3n) is 4.14. The molecule has 152 valence electrons. The summed E-state index contributed by atoms with van der Waals surface area (Å²) >= 11 is 6.56. The van der Waals surface area contributed by atoms with E-state index < -0.39 is 17.4 Å². The van der Waals surface area contributed by atoms with Crippen LogP contribution < -0.4 is 21.4 Å². The topological polar surface area (TPSA) is 107 Å². The van der Waals surface area contributed by atoms with Gasteiger partial charge in [-0.15, -0.1) is 4.73 Å². The molecular weight excluding hydrogens is 412 g/mol. The highest BCUT2D eigenvalue weighted by atomic mass is 32.2. The summed E-state index contributed by atoms with van der Waals surface area (Å²) in [5.41, 5.74) is 5.38. The van der Waals surface area contributed by atoms with E-state index >= 15 is 0 Å². The average Bonchev–Trinajstić information content (AvgIpc) is 3.17. The summed E-state index contributed by atoms with van der Waals surface area (Å²) in [7, 11) is 0. The number of thioether (sulfide) groups is 1. The molecule has 10 heteroatoms. The molecule has 0 atom stereocenters. The predicted octanol–water partition coefficient (Wildman–Crippen LogP) is 0.640. The van der Waals surface area contributed by atoms with Gasteiger partial charge in [-0.1, -0.05) is 54.3 Å². The van der Waals surface area contributed by atoms with E-state index in [0.29, 0.717) is 16.6 Å². The first-order chi connectivity index (χ1) is 14.0. The van der Waals surface area contributed by atoms with Crippen LogP contribution in [0.4, 0.5) is 0 Å². The van der Waals surface area contributed by atoms with E-state index in [1.807, 2.05) is 30.3 Å². The van der Waals surface area contributed by atoms with Gasteiger partial charge in [0.15, 0.2) is 0 Å². The zero-order valence-electron chi connectivity index (χ0n) is 15.5. The Bertz CT molecular complexity index is 978. The number of amides is 2. The fraction of sp³-hybridized carbons (Fsp3) is 0.263. The fourth-order valence-corrected chi connectivity index (χ4v) is 3.89. The van der Waals surface area contributed by atoms with E-state index in [-0.39, 0.29) is 31.0 Å². The predicted molar refractivity (Wildman–Crippen MR) is 115 cm³/mol. The normalized spacial score (nSPS) is 13.4. The van der Waals surface area contributed by atoms with Gasteiger partial charge in [0.2, 0.25) is 0 Å². The van der Waals surface area contributed by atoms with E-state index in [9.17, 15) is 14.4 Å². The number of nitrogens with zero attached hydrogens (tertiary/aromatic N) is 2. The standard InChI is InChI=1S/C19H20N4O4S2/c20-8-9-21-16(24)15-7-6-14(17(25)22-10-11-29-19(22)28)18(26)23(15)27-12-13-4-2-1-3-5-13/h1-7H,8-12,20H2,(H,21,24). The van der Waals surface area contributed by atoms with Gasteiger partial charge >= 0.3 is 0 Å². The van der Waals surface area contributed by atoms with Crippen molar-refractivity contribution in [1.82, 2.24) is 14.9 Å². The maximum atomic E-state index is 13.0.